The number of amides is 1. The van der Waals surface area contributed by atoms with Crippen LogP contribution in [-0.4, -0.2) is 10.8 Å². The Balaban J connectivity index is 2.36. The van der Waals surface area contributed by atoms with Crippen LogP contribution in [0.3, 0.4) is 0 Å². The molecule has 0 aliphatic rings. The minimum atomic E-state index is -0.469. The number of rotatable bonds is 3. The Kier molecular flexibility index (Phi) is 4.94. The highest BCUT2D eigenvalue weighted by Gasteiger charge is 2.17. The molecule has 108 valence electrons. The highest BCUT2D eigenvalue weighted by molar-refractivity contribution is 14.1. The number of anilines is 1. The fourth-order valence-electron chi connectivity index (χ4n) is 1.79. The standard InChI is InChI=1S/C14H10BrIN2O3/c1-8-6-10(15)12(7-13(8)18(20)21)17-14(19)9-4-2-3-5-11(9)16/h2-7H,1H3,(H,17,19). The van der Waals surface area contributed by atoms with Gasteiger partial charge in [0.1, 0.15) is 0 Å². The first kappa shape index (κ1) is 15.9. The Hall–Kier alpha value is -1.48. The van der Waals surface area contributed by atoms with Crippen LogP contribution in [0.1, 0.15) is 15.9 Å². The van der Waals surface area contributed by atoms with Gasteiger partial charge < -0.3 is 5.32 Å². The van der Waals surface area contributed by atoms with E-state index in [9.17, 15) is 14.9 Å². The van der Waals surface area contributed by atoms with Gasteiger partial charge in [0.2, 0.25) is 0 Å². The number of benzene rings is 2. The molecule has 0 atom stereocenters. The maximum Gasteiger partial charge on any atom is 0.274 e. The zero-order chi connectivity index (χ0) is 15.6. The molecular weight excluding hydrogens is 451 g/mol. The van der Waals surface area contributed by atoms with Crippen LogP contribution in [0, 0.1) is 20.6 Å². The van der Waals surface area contributed by atoms with Gasteiger partial charge in [0.25, 0.3) is 11.6 Å². The minimum Gasteiger partial charge on any atom is -0.321 e. The molecule has 2 rings (SSSR count). The Morgan fingerprint density at radius 1 is 1.33 bits per heavy atom. The Bertz CT molecular complexity index is 734. The van der Waals surface area contributed by atoms with Gasteiger partial charge in [-0.2, -0.15) is 0 Å². The van der Waals surface area contributed by atoms with Crippen molar-refractivity contribution in [3.8, 4) is 0 Å². The van der Waals surface area contributed by atoms with E-state index in [0.29, 0.717) is 21.3 Å². The normalized spacial score (nSPS) is 10.2. The van der Waals surface area contributed by atoms with Gasteiger partial charge in [-0.1, -0.05) is 12.1 Å². The molecule has 0 aliphatic heterocycles. The molecule has 0 spiro atoms. The Morgan fingerprint density at radius 3 is 2.62 bits per heavy atom. The van der Waals surface area contributed by atoms with Crippen molar-refractivity contribution < 1.29 is 9.72 Å². The number of hydrogen-bond donors (Lipinski definition) is 1. The number of nitrogens with zero attached hydrogens (tertiary/aromatic N) is 1. The molecule has 0 unspecified atom stereocenters. The van der Waals surface area contributed by atoms with Gasteiger partial charge in [0.05, 0.1) is 16.2 Å². The number of carbonyl (C=O) groups excluding carboxylic acids is 1. The highest BCUT2D eigenvalue weighted by atomic mass is 127. The molecule has 7 heteroatoms. The van der Waals surface area contributed by atoms with E-state index in [1.54, 1.807) is 25.1 Å². The average molecular weight is 461 g/mol. The molecule has 0 bridgehead atoms. The molecule has 0 heterocycles. The number of hydrogen-bond acceptors (Lipinski definition) is 3. The average Bonchev–Trinajstić information content (AvgIpc) is 2.41. The zero-order valence-electron chi connectivity index (χ0n) is 10.9. The van der Waals surface area contributed by atoms with Gasteiger partial charge in [-0.25, -0.2) is 0 Å². The Morgan fingerprint density at radius 2 is 2.00 bits per heavy atom. The quantitative estimate of drug-likeness (QED) is 0.415. The van der Waals surface area contributed by atoms with Crippen molar-refractivity contribution in [2.45, 2.75) is 6.92 Å². The lowest BCUT2D eigenvalue weighted by Crippen LogP contribution is -2.14. The number of nitrogens with one attached hydrogen (secondary N) is 1. The summed E-state index contributed by atoms with van der Waals surface area (Å²) in [4.78, 5) is 22.7. The van der Waals surface area contributed by atoms with Crippen LogP contribution in [-0.2, 0) is 0 Å². The van der Waals surface area contributed by atoms with Gasteiger partial charge in [-0.3, -0.25) is 14.9 Å². The first-order chi connectivity index (χ1) is 9.90. The number of aryl methyl sites for hydroxylation is 1. The van der Waals surface area contributed by atoms with Crippen molar-refractivity contribution in [2.75, 3.05) is 5.32 Å². The molecule has 0 aliphatic carbocycles. The maximum atomic E-state index is 12.2. The molecule has 2 aromatic carbocycles. The van der Waals surface area contributed by atoms with E-state index in [-0.39, 0.29) is 11.6 Å². The van der Waals surface area contributed by atoms with E-state index in [2.05, 4.69) is 43.8 Å². The molecule has 1 N–H and O–H groups in total. The molecule has 5 nitrogen and oxygen atoms in total. The van der Waals surface area contributed by atoms with Crippen LogP contribution in [0.4, 0.5) is 11.4 Å². The van der Waals surface area contributed by atoms with Gasteiger partial charge in [0, 0.05) is 19.7 Å². The van der Waals surface area contributed by atoms with Crippen molar-refractivity contribution in [1.29, 1.82) is 0 Å². The second-order valence-electron chi connectivity index (χ2n) is 4.31. The molecule has 2 aromatic rings. The fourth-order valence-corrected chi connectivity index (χ4v) is 2.98. The summed E-state index contributed by atoms with van der Waals surface area (Å²) in [5.74, 6) is -0.307. The van der Waals surface area contributed by atoms with Crippen molar-refractivity contribution >= 4 is 55.8 Å². The second-order valence-corrected chi connectivity index (χ2v) is 6.33. The third-order valence-corrected chi connectivity index (χ3v) is 4.45. The summed E-state index contributed by atoms with van der Waals surface area (Å²) in [7, 11) is 0. The smallest absolute Gasteiger partial charge is 0.274 e. The number of nitro groups is 1. The number of halogens is 2. The topological polar surface area (TPSA) is 72.2 Å². The van der Waals surface area contributed by atoms with Crippen LogP contribution in [0.25, 0.3) is 0 Å². The molecular formula is C14H10BrIN2O3. The van der Waals surface area contributed by atoms with Crippen LogP contribution in [0.2, 0.25) is 0 Å². The lowest BCUT2D eigenvalue weighted by Gasteiger charge is -2.09. The molecule has 1 amide bonds. The van der Waals surface area contributed by atoms with Crippen molar-refractivity contribution in [3.05, 3.63) is 65.7 Å². The molecule has 0 radical (unpaired) electrons. The van der Waals surface area contributed by atoms with Crippen LogP contribution >= 0.6 is 38.5 Å². The minimum absolute atomic E-state index is 0.0312. The zero-order valence-corrected chi connectivity index (χ0v) is 14.6. The summed E-state index contributed by atoms with van der Waals surface area (Å²) >= 11 is 5.38. The van der Waals surface area contributed by atoms with Crippen LogP contribution < -0.4 is 5.32 Å². The third kappa shape index (κ3) is 3.59. The number of carbonyl (C=O) groups is 1. The van der Waals surface area contributed by atoms with E-state index in [1.807, 2.05) is 12.1 Å². The summed E-state index contributed by atoms with van der Waals surface area (Å²) in [6.07, 6.45) is 0. The van der Waals surface area contributed by atoms with Crippen molar-refractivity contribution in [1.82, 2.24) is 0 Å². The highest BCUT2D eigenvalue weighted by Crippen LogP contribution is 2.31. The molecule has 0 aromatic heterocycles. The first-order valence-electron chi connectivity index (χ1n) is 5.90. The molecule has 21 heavy (non-hydrogen) atoms. The van der Waals surface area contributed by atoms with E-state index in [4.69, 9.17) is 0 Å². The van der Waals surface area contributed by atoms with Gasteiger partial charge >= 0.3 is 0 Å². The summed E-state index contributed by atoms with van der Waals surface area (Å²) in [6.45, 7) is 1.65. The van der Waals surface area contributed by atoms with E-state index >= 15 is 0 Å². The van der Waals surface area contributed by atoms with E-state index in [0.717, 1.165) is 3.57 Å². The van der Waals surface area contributed by atoms with Gasteiger partial charge in [-0.15, -0.1) is 0 Å². The van der Waals surface area contributed by atoms with Crippen molar-refractivity contribution in [2.24, 2.45) is 0 Å². The van der Waals surface area contributed by atoms with E-state index < -0.39 is 4.92 Å². The summed E-state index contributed by atoms with van der Waals surface area (Å²) in [6, 6.07) is 10.1. The second kappa shape index (κ2) is 6.52. The predicted octanol–water partition coefficient (Wildman–Crippen LogP) is 4.52. The van der Waals surface area contributed by atoms with E-state index in [1.165, 1.54) is 6.07 Å². The summed E-state index contributed by atoms with van der Waals surface area (Å²) in [5, 5.41) is 13.7. The lowest BCUT2D eigenvalue weighted by molar-refractivity contribution is -0.385. The summed E-state index contributed by atoms with van der Waals surface area (Å²) in [5.41, 5.74) is 1.39. The maximum absolute atomic E-state index is 12.2. The van der Waals surface area contributed by atoms with Gasteiger partial charge in [0.15, 0.2) is 0 Å². The third-order valence-electron chi connectivity index (χ3n) is 2.85. The molecule has 0 saturated carbocycles. The largest absolute Gasteiger partial charge is 0.321 e. The van der Waals surface area contributed by atoms with Crippen LogP contribution in [0.15, 0.2) is 40.9 Å². The van der Waals surface area contributed by atoms with Crippen molar-refractivity contribution in [3.63, 3.8) is 0 Å². The Labute approximate surface area is 143 Å². The molecule has 0 saturated heterocycles. The summed E-state index contributed by atoms with van der Waals surface area (Å²) < 4.78 is 1.41. The fraction of sp³-hybridized carbons (Fsp3) is 0.0714. The predicted molar refractivity (Wildman–Crippen MR) is 92.6 cm³/mol. The molecule has 0 fully saturated rings. The monoisotopic (exact) mass is 460 g/mol. The van der Waals surface area contributed by atoms with Crippen LogP contribution in [0.5, 0.6) is 0 Å². The number of nitro benzene ring substituents is 1. The lowest BCUT2D eigenvalue weighted by atomic mass is 10.1. The first-order valence-corrected chi connectivity index (χ1v) is 7.77. The van der Waals surface area contributed by atoms with Gasteiger partial charge in [-0.05, 0) is 63.6 Å². The SMILES string of the molecule is Cc1cc(Br)c(NC(=O)c2ccccc2I)cc1[N+](=O)[O-].